The number of halogens is 1. The molecule has 34 heavy (non-hydrogen) atoms. The Morgan fingerprint density at radius 1 is 1.12 bits per heavy atom. The maximum Gasteiger partial charge on any atom is 0.248 e. The maximum atomic E-state index is 12.3. The van der Waals surface area contributed by atoms with Crippen molar-refractivity contribution in [1.29, 1.82) is 0 Å². The second-order valence-electron chi connectivity index (χ2n) is 10.5. The predicted molar refractivity (Wildman–Crippen MR) is 142 cm³/mol. The molecule has 1 amide bonds. The van der Waals surface area contributed by atoms with Crippen molar-refractivity contribution >= 4 is 21.8 Å². The number of likely N-dealkylation sites (N-methyl/N-ethyl adjacent to an activating group) is 1. The van der Waals surface area contributed by atoms with E-state index in [1.165, 1.54) is 61.8 Å². The van der Waals surface area contributed by atoms with Crippen molar-refractivity contribution in [2.45, 2.75) is 84.3 Å². The van der Waals surface area contributed by atoms with E-state index >= 15 is 0 Å². The van der Waals surface area contributed by atoms with Crippen LogP contribution in [0.3, 0.4) is 0 Å². The van der Waals surface area contributed by atoms with Gasteiger partial charge in [-0.2, -0.15) is 0 Å². The fraction of sp³-hybridized carbons (Fsp3) is 0.750. The zero-order chi connectivity index (χ0) is 24.5. The van der Waals surface area contributed by atoms with Crippen molar-refractivity contribution in [2.75, 3.05) is 39.9 Å². The number of methoxy groups -OCH3 is 1. The molecule has 192 valence electrons. The summed E-state index contributed by atoms with van der Waals surface area (Å²) in [4.78, 5) is 17.0. The lowest BCUT2D eigenvalue weighted by Gasteiger charge is -2.37. The highest BCUT2D eigenvalue weighted by molar-refractivity contribution is 9.10. The summed E-state index contributed by atoms with van der Waals surface area (Å²) in [5, 5.41) is 0. The van der Waals surface area contributed by atoms with Gasteiger partial charge in [0.2, 0.25) is 5.91 Å². The lowest BCUT2D eigenvalue weighted by atomic mass is 9.83. The highest BCUT2D eigenvalue weighted by atomic mass is 79.9. The lowest BCUT2D eigenvalue weighted by Crippen LogP contribution is -2.44. The predicted octanol–water partition coefficient (Wildman–Crippen LogP) is 5.93. The number of carbonyl (C=O) groups is 1. The smallest absolute Gasteiger partial charge is 0.248 e. The number of nitrogens with zero attached hydrogens (tertiary/aromatic N) is 2. The van der Waals surface area contributed by atoms with Crippen LogP contribution in [0.2, 0.25) is 0 Å². The fourth-order valence-electron chi connectivity index (χ4n) is 5.73. The lowest BCUT2D eigenvalue weighted by molar-refractivity contribution is -0.138. The molecule has 0 unspecified atom stereocenters. The fourth-order valence-corrected chi connectivity index (χ4v) is 6.14. The normalized spacial score (nSPS) is 22.2. The molecule has 0 radical (unpaired) electrons. The van der Waals surface area contributed by atoms with Gasteiger partial charge in [0, 0.05) is 24.2 Å². The van der Waals surface area contributed by atoms with Crippen molar-refractivity contribution in [3.8, 4) is 5.75 Å². The number of likely N-dealkylation sites (tertiary alicyclic amines) is 1. The quantitative estimate of drug-likeness (QED) is 0.351. The van der Waals surface area contributed by atoms with Crippen LogP contribution in [-0.4, -0.2) is 67.7 Å². The number of carbonyl (C=O) groups excluding carboxylic acids is 1. The Kier molecular flexibility index (Phi) is 11.2. The molecule has 3 rings (SSSR count). The number of benzene rings is 1. The van der Waals surface area contributed by atoms with E-state index in [0.29, 0.717) is 6.04 Å². The molecule has 0 bridgehead atoms. The Balaban J connectivity index is 1.37. The first-order valence-electron chi connectivity index (χ1n) is 13.3. The van der Waals surface area contributed by atoms with Gasteiger partial charge in [-0.15, -0.1) is 0 Å². The summed E-state index contributed by atoms with van der Waals surface area (Å²) in [7, 11) is 1.60. The Morgan fingerprint density at radius 2 is 1.82 bits per heavy atom. The van der Waals surface area contributed by atoms with Crippen LogP contribution in [0, 0.1) is 11.8 Å². The molecule has 2 aliphatic rings. The summed E-state index contributed by atoms with van der Waals surface area (Å²) in [5.41, 5.74) is 1.37. The van der Waals surface area contributed by atoms with Gasteiger partial charge in [0.25, 0.3) is 0 Å². The number of hydrogen-bond donors (Lipinski definition) is 0. The van der Waals surface area contributed by atoms with E-state index in [0.717, 1.165) is 43.4 Å². The Morgan fingerprint density at radius 3 is 2.44 bits per heavy atom. The molecule has 1 aromatic rings. The molecule has 1 aromatic carbocycles. The Hall–Kier alpha value is -1.11. The molecule has 0 N–H and O–H groups in total. The molecule has 6 heteroatoms. The van der Waals surface area contributed by atoms with Gasteiger partial charge in [-0.25, -0.2) is 0 Å². The van der Waals surface area contributed by atoms with Crippen molar-refractivity contribution < 1.29 is 14.3 Å². The van der Waals surface area contributed by atoms with Crippen LogP contribution in [0.4, 0.5) is 0 Å². The Labute approximate surface area is 215 Å². The molecule has 1 saturated carbocycles. The summed E-state index contributed by atoms with van der Waals surface area (Å²) in [6.45, 7) is 10.9. The van der Waals surface area contributed by atoms with Gasteiger partial charge in [0.05, 0.1) is 6.10 Å². The molecule has 5 nitrogen and oxygen atoms in total. The first-order valence-corrected chi connectivity index (χ1v) is 14.1. The molecule has 1 aliphatic heterocycles. The average Bonchev–Trinajstić information content (AvgIpc) is 2.82. The topological polar surface area (TPSA) is 42.0 Å². The number of piperidine rings is 1. The van der Waals surface area contributed by atoms with Crippen LogP contribution < -0.4 is 4.74 Å². The van der Waals surface area contributed by atoms with Crippen molar-refractivity contribution in [2.24, 2.45) is 11.8 Å². The summed E-state index contributed by atoms with van der Waals surface area (Å²) >= 11 is 3.74. The van der Waals surface area contributed by atoms with E-state index in [9.17, 15) is 4.79 Å². The SMILES string of the molecule is CCN(C(=O)COC)[C@H]1CC[C@H](CCN2CCC(Cc3cc(OC(C)C)ccc3Br)CC2)CC1. The van der Waals surface area contributed by atoms with E-state index in [1.54, 1.807) is 7.11 Å². The van der Waals surface area contributed by atoms with Crippen LogP contribution in [-0.2, 0) is 16.0 Å². The van der Waals surface area contributed by atoms with Crippen LogP contribution in [0.15, 0.2) is 22.7 Å². The average molecular weight is 538 g/mol. The van der Waals surface area contributed by atoms with Gasteiger partial charge in [0.15, 0.2) is 0 Å². The number of rotatable bonds is 11. The summed E-state index contributed by atoms with van der Waals surface area (Å²) in [6.07, 6.45) is 9.98. The third-order valence-electron chi connectivity index (χ3n) is 7.64. The first kappa shape index (κ1) is 27.5. The van der Waals surface area contributed by atoms with Crippen LogP contribution in [0.1, 0.15) is 71.3 Å². The molecule has 1 saturated heterocycles. The van der Waals surface area contributed by atoms with Gasteiger partial charge in [-0.3, -0.25) is 4.79 Å². The van der Waals surface area contributed by atoms with E-state index in [2.05, 4.69) is 59.8 Å². The summed E-state index contributed by atoms with van der Waals surface area (Å²) in [6, 6.07) is 6.81. The molecule has 2 fully saturated rings. The van der Waals surface area contributed by atoms with E-state index in [4.69, 9.17) is 9.47 Å². The molecule has 0 aromatic heterocycles. The highest BCUT2D eigenvalue weighted by Crippen LogP contribution is 2.32. The monoisotopic (exact) mass is 536 g/mol. The maximum absolute atomic E-state index is 12.3. The van der Waals surface area contributed by atoms with Gasteiger partial charge < -0.3 is 19.3 Å². The minimum Gasteiger partial charge on any atom is -0.491 e. The van der Waals surface area contributed by atoms with Crippen LogP contribution >= 0.6 is 15.9 Å². The zero-order valence-electron chi connectivity index (χ0n) is 21.7. The third-order valence-corrected chi connectivity index (χ3v) is 8.42. The molecule has 1 aliphatic carbocycles. The number of ether oxygens (including phenoxy) is 2. The van der Waals surface area contributed by atoms with Gasteiger partial charge in [0.1, 0.15) is 12.4 Å². The first-order chi connectivity index (χ1) is 16.4. The Bertz CT molecular complexity index is 756. The van der Waals surface area contributed by atoms with Gasteiger partial charge in [-0.1, -0.05) is 15.9 Å². The zero-order valence-corrected chi connectivity index (χ0v) is 23.3. The standard InChI is InChI=1S/C28H45BrN2O3/c1-5-31(28(32)20-33-4)25-8-6-22(7-9-25)12-15-30-16-13-23(14-17-30)18-24-19-26(34-21(2)3)10-11-27(24)29/h10-11,19,21-23,25H,5-9,12-18,20H2,1-4H3/t22-,25-. The van der Waals surface area contributed by atoms with Crippen molar-refractivity contribution in [1.82, 2.24) is 9.80 Å². The van der Waals surface area contributed by atoms with E-state index < -0.39 is 0 Å². The minimum atomic E-state index is 0.141. The van der Waals surface area contributed by atoms with E-state index in [-0.39, 0.29) is 18.6 Å². The molecular formula is C28H45BrN2O3. The second-order valence-corrected chi connectivity index (χ2v) is 11.3. The van der Waals surface area contributed by atoms with Crippen molar-refractivity contribution in [3.05, 3.63) is 28.2 Å². The largest absolute Gasteiger partial charge is 0.491 e. The summed E-state index contributed by atoms with van der Waals surface area (Å²) in [5.74, 6) is 2.68. The number of amides is 1. The second kappa shape index (κ2) is 13.8. The van der Waals surface area contributed by atoms with Crippen LogP contribution in [0.5, 0.6) is 5.75 Å². The molecule has 0 spiro atoms. The van der Waals surface area contributed by atoms with Gasteiger partial charge >= 0.3 is 0 Å². The van der Waals surface area contributed by atoms with Crippen molar-refractivity contribution in [3.63, 3.8) is 0 Å². The molecule has 1 heterocycles. The summed E-state index contributed by atoms with van der Waals surface area (Å²) < 4.78 is 12.2. The highest BCUT2D eigenvalue weighted by Gasteiger charge is 2.28. The third kappa shape index (κ3) is 8.23. The molecular weight excluding hydrogens is 492 g/mol. The van der Waals surface area contributed by atoms with Crippen LogP contribution in [0.25, 0.3) is 0 Å². The number of hydrogen-bond acceptors (Lipinski definition) is 4. The van der Waals surface area contributed by atoms with E-state index in [1.807, 2.05) is 4.90 Å². The molecule has 0 atom stereocenters. The minimum absolute atomic E-state index is 0.141. The van der Waals surface area contributed by atoms with Gasteiger partial charge in [-0.05, 0) is 127 Å².